The molecular formula is C26H28F4N4O. The van der Waals surface area contributed by atoms with Crippen molar-refractivity contribution in [2.45, 2.75) is 25.2 Å². The van der Waals surface area contributed by atoms with Crippen LogP contribution in [0.5, 0.6) is 0 Å². The predicted molar refractivity (Wildman–Crippen MR) is 127 cm³/mol. The van der Waals surface area contributed by atoms with Crippen molar-refractivity contribution in [3.05, 3.63) is 88.4 Å². The number of nitrogens with zero attached hydrogens (tertiary/aromatic N) is 3. The molecule has 1 aliphatic rings. The Bertz CT molecular complexity index is 1180. The number of nitrogens with one attached hydrogen (secondary N) is 1. The Morgan fingerprint density at radius 2 is 1.91 bits per heavy atom. The summed E-state index contributed by atoms with van der Waals surface area (Å²) in [5.74, 6) is -0.260. The minimum absolute atomic E-state index is 0.144. The van der Waals surface area contributed by atoms with E-state index in [1.165, 1.54) is 0 Å². The van der Waals surface area contributed by atoms with Gasteiger partial charge in [0.15, 0.2) is 0 Å². The van der Waals surface area contributed by atoms with E-state index in [-0.39, 0.29) is 12.0 Å². The van der Waals surface area contributed by atoms with Gasteiger partial charge in [0.2, 0.25) is 0 Å². The fraction of sp³-hybridized carbons (Fsp3) is 0.346. The number of fused-ring (bicyclic) bond motifs is 1. The lowest BCUT2D eigenvalue weighted by molar-refractivity contribution is -0.137. The molecule has 0 spiro atoms. The molecule has 4 rings (SSSR count). The molecule has 3 aromatic rings. The van der Waals surface area contributed by atoms with Crippen molar-refractivity contribution in [3.8, 4) is 0 Å². The molecule has 0 amide bonds. The number of anilines is 2. The average Bonchev–Trinajstić information content (AvgIpc) is 3.22. The Morgan fingerprint density at radius 1 is 1.11 bits per heavy atom. The number of aromatic nitrogens is 1. The van der Waals surface area contributed by atoms with Gasteiger partial charge in [0.25, 0.3) is 0 Å². The summed E-state index contributed by atoms with van der Waals surface area (Å²) in [4.78, 5) is 8.53. The number of hydrogen-bond acceptors (Lipinski definition) is 5. The third-order valence-corrected chi connectivity index (χ3v) is 6.03. The molecule has 1 atom stereocenters. The van der Waals surface area contributed by atoms with Crippen molar-refractivity contribution < 1.29 is 22.7 Å². The first-order valence-electron chi connectivity index (χ1n) is 11.4. The number of rotatable bonds is 8. The highest BCUT2D eigenvalue weighted by Gasteiger charge is 2.31. The summed E-state index contributed by atoms with van der Waals surface area (Å²) in [6, 6.07) is 11.9. The average molecular weight is 489 g/mol. The topological polar surface area (TPSA) is 51.6 Å². The zero-order valence-corrected chi connectivity index (χ0v) is 19.6. The Morgan fingerprint density at radius 3 is 2.66 bits per heavy atom. The van der Waals surface area contributed by atoms with Gasteiger partial charge in [0, 0.05) is 37.1 Å². The van der Waals surface area contributed by atoms with Gasteiger partial charge in [-0.15, -0.1) is 0 Å². The Balaban J connectivity index is 1.55. The largest absolute Gasteiger partial charge is 0.416 e. The highest BCUT2D eigenvalue weighted by Crippen LogP contribution is 2.37. The predicted octanol–water partition coefficient (Wildman–Crippen LogP) is 4.67. The van der Waals surface area contributed by atoms with E-state index in [1.54, 1.807) is 12.3 Å². The van der Waals surface area contributed by atoms with Crippen molar-refractivity contribution in [2.24, 2.45) is 0 Å². The molecule has 0 saturated carbocycles. The fourth-order valence-electron chi connectivity index (χ4n) is 4.36. The van der Waals surface area contributed by atoms with Crippen LogP contribution in [0.25, 0.3) is 0 Å². The van der Waals surface area contributed by atoms with Crippen molar-refractivity contribution in [1.29, 1.82) is 0 Å². The normalized spacial score (nSPS) is 14.5. The Labute approximate surface area is 202 Å². The molecule has 35 heavy (non-hydrogen) atoms. The fourth-order valence-corrected chi connectivity index (χ4v) is 4.36. The van der Waals surface area contributed by atoms with Crippen LogP contribution in [0.15, 0.2) is 54.7 Å². The maximum absolute atomic E-state index is 13.8. The van der Waals surface area contributed by atoms with E-state index in [9.17, 15) is 22.7 Å². The van der Waals surface area contributed by atoms with Gasteiger partial charge in [-0.05, 0) is 80.0 Å². The second-order valence-electron chi connectivity index (χ2n) is 8.95. The highest BCUT2D eigenvalue weighted by molar-refractivity contribution is 5.69. The third kappa shape index (κ3) is 5.98. The SMILES string of the molecule is CN(C)CCNC(O)c1cccc2c1CCN2c1cc(Cc2cc(F)cc(C(F)(F)F)c2)ccn1. The summed E-state index contributed by atoms with van der Waals surface area (Å²) in [6.45, 7) is 2.09. The van der Waals surface area contributed by atoms with Gasteiger partial charge < -0.3 is 14.9 Å². The molecule has 2 heterocycles. The molecule has 1 aromatic heterocycles. The highest BCUT2D eigenvalue weighted by atomic mass is 19.4. The summed E-state index contributed by atoms with van der Waals surface area (Å²) in [6.07, 6.45) is -2.93. The molecule has 0 saturated heterocycles. The lowest BCUT2D eigenvalue weighted by Gasteiger charge is -2.21. The van der Waals surface area contributed by atoms with Crippen LogP contribution >= 0.6 is 0 Å². The molecule has 186 valence electrons. The number of pyridine rings is 1. The number of aliphatic hydroxyl groups excluding tert-OH is 1. The van der Waals surface area contributed by atoms with Crippen LogP contribution in [0, 0.1) is 5.82 Å². The lowest BCUT2D eigenvalue weighted by atomic mass is 10.0. The summed E-state index contributed by atoms with van der Waals surface area (Å²) >= 11 is 0. The first-order chi connectivity index (χ1) is 16.6. The second-order valence-corrected chi connectivity index (χ2v) is 8.95. The number of aliphatic hydroxyl groups is 1. The number of benzene rings is 2. The first-order valence-corrected chi connectivity index (χ1v) is 11.4. The molecule has 0 bridgehead atoms. The monoisotopic (exact) mass is 488 g/mol. The summed E-state index contributed by atoms with van der Waals surface area (Å²) in [5.41, 5.74) is 2.75. The van der Waals surface area contributed by atoms with Gasteiger partial charge >= 0.3 is 6.18 Å². The summed E-state index contributed by atoms with van der Waals surface area (Å²) < 4.78 is 53.1. The van der Waals surface area contributed by atoms with Crippen LogP contribution in [-0.4, -0.2) is 48.7 Å². The minimum Gasteiger partial charge on any atom is -0.374 e. The molecule has 2 aromatic carbocycles. The molecule has 0 fully saturated rings. The molecular weight excluding hydrogens is 460 g/mol. The van der Waals surface area contributed by atoms with Crippen molar-refractivity contribution >= 4 is 11.5 Å². The van der Waals surface area contributed by atoms with Gasteiger partial charge in [-0.25, -0.2) is 9.37 Å². The van der Waals surface area contributed by atoms with Crippen LogP contribution in [0.2, 0.25) is 0 Å². The molecule has 9 heteroatoms. The smallest absolute Gasteiger partial charge is 0.374 e. The van der Waals surface area contributed by atoms with E-state index < -0.39 is 23.8 Å². The van der Waals surface area contributed by atoms with E-state index in [4.69, 9.17) is 0 Å². The standard InChI is InChI=1S/C26H28F4N4O/c1-33(2)11-9-32-25(35)22-4-3-5-23-21(22)7-10-34(23)24-15-17(6-8-31-24)12-18-13-19(26(28,29)30)16-20(27)14-18/h3-6,8,13-16,25,32,35H,7,9-12H2,1-2H3. The summed E-state index contributed by atoms with van der Waals surface area (Å²) in [5, 5.41) is 13.8. The van der Waals surface area contributed by atoms with E-state index >= 15 is 0 Å². The van der Waals surface area contributed by atoms with Crippen molar-refractivity contribution in [1.82, 2.24) is 15.2 Å². The maximum atomic E-state index is 13.8. The number of likely N-dealkylation sites (N-methyl/N-ethyl adjacent to an activating group) is 1. The first kappa shape index (κ1) is 25.1. The minimum atomic E-state index is -4.61. The number of hydrogen-bond donors (Lipinski definition) is 2. The molecule has 5 nitrogen and oxygen atoms in total. The van der Waals surface area contributed by atoms with E-state index in [0.717, 1.165) is 47.5 Å². The van der Waals surface area contributed by atoms with Gasteiger partial charge in [0.1, 0.15) is 17.9 Å². The zero-order valence-electron chi connectivity index (χ0n) is 19.6. The van der Waals surface area contributed by atoms with E-state index in [2.05, 4.69) is 10.3 Å². The quantitative estimate of drug-likeness (QED) is 0.357. The van der Waals surface area contributed by atoms with Crippen LogP contribution in [-0.2, 0) is 19.0 Å². The maximum Gasteiger partial charge on any atom is 0.416 e. The second kappa shape index (κ2) is 10.3. The third-order valence-electron chi connectivity index (χ3n) is 6.03. The van der Waals surface area contributed by atoms with Crippen molar-refractivity contribution in [3.63, 3.8) is 0 Å². The van der Waals surface area contributed by atoms with Gasteiger partial charge in [-0.3, -0.25) is 5.32 Å². The van der Waals surface area contributed by atoms with Gasteiger partial charge in [0.05, 0.1) is 5.56 Å². The molecule has 1 unspecified atom stereocenters. The van der Waals surface area contributed by atoms with Crippen molar-refractivity contribution in [2.75, 3.05) is 38.6 Å². The van der Waals surface area contributed by atoms with Crippen LogP contribution < -0.4 is 10.2 Å². The molecule has 2 N–H and O–H groups in total. The Hall–Kier alpha value is -3.01. The van der Waals surface area contributed by atoms with Crippen LogP contribution in [0.3, 0.4) is 0 Å². The number of halogens is 4. The lowest BCUT2D eigenvalue weighted by Crippen LogP contribution is -2.30. The van der Waals surface area contributed by atoms with Crippen LogP contribution in [0.4, 0.5) is 29.1 Å². The zero-order chi connectivity index (χ0) is 25.2. The van der Waals surface area contributed by atoms with Gasteiger partial charge in [-0.2, -0.15) is 13.2 Å². The molecule has 0 aliphatic carbocycles. The number of alkyl halides is 3. The molecule has 0 radical (unpaired) electrons. The van der Waals surface area contributed by atoms with E-state index in [1.807, 2.05) is 48.2 Å². The van der Waals surface area contributed by atoms with Gasteiger partial charge in [-0.1, -0.05) is 12.1 Å². The van der Waals surface area contributed by atoms with Crippen LogP contribution in [0.1, 0.15) is 34.0 Å². The Kier molecular flexibility index (Phi) is 7.39. The molecule has 1 aliphatic heterocycles. The summed E-state index contributed by atoms with van der Waals surface area (Å²) in [7, 11) is 3.94. The van der Waals surface area contributed by atoms with E-state index in [0.29, 0.717) is 25.0 Å².